The van der Waals surface area contributed by atoms with Gasteiger partial charge in [0.2, 0.25) is 0 Å². The average molecular weight is 251 g/mol. The number of ether oxygens (including phenoxy) is 1. The van der Waals surface area contributed by atoms with Gasteiger partial charge in [0.25, 0.3) is 5.91 Å². The van der Waals surface area contributed by atoms with Crippen LogP contribution in [0.3, 0.4) is 0 Å². The first-order valence-electron chi connectivity index (χ1n) is 6.63. The molecule has 5 nitrogen and oxygen atoms in total. The normalized spacial score (nSPS) is 16.1. The van der Waals surface area contributed by atoms with E-state index in [9.17, 15) is 4.79 Å². The van der Waals surface area contributed by atoms with E-state index in [-0.39, 0.29) is 5.91 Å². The molecule has 0 aliphatic heterocycles. The molecule has 2 rings (SSSR count). The summed E-state index contributed by atoms with van der Waals surface area (Å²) in [5, 5.41) is 7.21. The second-order valence-electron chi connectivity index (χ2n) is 4.72. The maximum atomic E-state index is 11.8. The lowest BCUT2D eigenvalue weighted by Gasteiger charge is -2.08. The number of methoxy groups -OCH3 is 1. The van der Waals surface area contributed by atoms with E-state index in [2.05, 4.69) is 10.4 Å². The lowest BCUT2D eigenvalue weighted by Crippen LogP contribution is -2.25. The molecule has 5 heteroatoms. The van der Waals surface area contributed by atoms with Crippen LogP contribution in [0.1, 0.15) is 48.6 Å². The molecule has 0 atom stereocenters. The number of nitrogens with one attached hydrogen (secondary N) is 1. The van der Waals surface area contributed by atoms with Crippen LogP contribution in [0.15, 0.2) is 12.3 Å². The third kappa shape index (κ3) is 3.32. The van der Waals surface area contributed by atoms with Crippen LogP contribution in [0.25, 0.3) is 0 Å². The standard InChI is InChI=1S/C13H21N3O2/c1-18-10-4-8-14-13(17)12-7-9-16(15-12)11-5-2-3-6-11/h7,9,11H,2-6,8,10H2,1H3,(H,14,17). The number of carbonyl (C=O) groups excluding carboxylic acids is 1. The first-order valence-corrected chi connectivity index (χ1v) is 6.63. The number of amides is 1. The number of nitrogens with zero attached hydrogens (tertiary/aromatic N) is 2. The molecule has 1 heterocycles. The molecular weight excluding hydrogens is 230 g/mol. The fourth-order valence-electron chi connectivity index (χ4n) is 2.34. The molecule has 0 unspecified atom stereocenters. The smallest absolute Gasteiger partial charge is 0.271 e. The van der Waals surface area contributed by atoms with Crippen molar-refractivity contribution >= 4 is 5.91 Å². The van der Waals surface area contributed by atoms with Crippen molar-refractivity contribution in [2.75, 3.05) is 20.3 Å². The SMILES string of the molecule is COCCCNC(=O)c1ccn(C2CCCC2)n1. The van der Waals surface area contributed by atoms with Gasteiger partial charge in [0.15, 0.2) is 0 Å². The van der Waals surface area contributed by atoms with Crippen LogP contribution in [0.5, 0.6) is 0 Å². The van der Waals surface area contributed by atoms with E-state index in [1.165, 1.54) is 25.7 Å². The molecule has 1 saturated carbocycles. The summed E-state index contributed by atoms with van der Waals surface area (Å²) >= 11 is 0. The van der Waals surface area contributed by atoms with Crippen LogP contribution < -0.4 is 5.32 Å². The molecule has 0 spiro atoms. The summed E-state index contributed by atoms with van der Waals surface area (Å²) in [7, 11) is 1.66. The molecule has 1 aliphatic rings. The van der Waals surface area contributed by atoms with Gasteiger partial charge in [-0.2, -0.15) is 5.10 Å². The van der Waals surface area contributed by atoms with Gasteiger partial charge in [-0.25, -0.2) is 0 Å². The molecule has 1 aromatic rings. The highest BCUT2D eigenvalue weighted by molar-refractivity contribution is 5.92. The van der Waals surface area contributed by atoms with E-state index in [0.29, 0.717) is 24.9 Å². The quantitative estimate of drug-likeness (QED) is 0.784. The highest BCUT2D eigenvalue weighted by Crippen LogP contribution is 2.28. The Morgan fingerprint density at radius 2 is 2.33 bits per heavy atom. The number of rotatable bonds is 6. The van der Waals surface area contributed by atoms with Gasteiger partial charge < -0.3 is 10.1 Å². The Morgan fingerprint density at radius 1 is 1.56 bits per heavy atom. The first kappa shape index (κ1) is 13.1. The van der Waals surface area contributed by atoms with Crippen LogP contribution in [0, 0.1) is 0 Å². The van der Waals surface area contributed by atoms with Crippen molar-refractivity contribution in [1.29, 1.82) is 0 Å². The Hall–Kier alpha value is -1.36. The van der Waals surface area contributed by atoms with Crippen LogP contribution >= 0.6 is 0 Å². The Balaban J connectivity index is 1.83. The number of aromatic nitrogens is 2. The van der Waals surface area contributed by atoms with E-state index in [4.69, 9.17) is 4.74 Å². The predicted octanol–water partition coefficient (Wildman–Crippen LogP) is 1.76. The summed E-state index contributed by atoms with van der Waals surface area (Å²) in [6, 6.07) is 2.28. The third-order valence-corrected chi connectivity index (χ3v) is 3.35. The van der Waals surface area contributed by atoms with Crippen molar-refractivity contribution < 1.29 is 9.53 Å². The van der Waals surface area contributed by atoms with Crippen LogP contribution in [0.2, 0.25) is 0 Å². The Bertz CT molecular complexity index is 383. The third-order valence-electron chi connectivity index (χ3n) is 3.35. The predicted molar refractivity (Wildman–Crippen MR) is 68.6 cm³/mol. The van der Waals surface area contributed by atoms with Crippen molar-refractivity contribution in [1.82, 2.24) is 15.1 Å². The number of hydrogen-bond donors (Lipinski definition) is 1. The molecule has 1 aliphatic carbocycles. The van der Waals surface area contributed by atoms with E-state index >= 15 is 0 Å². The van der Waals surface area contributed by atoms with Gasteiger partial charge in [0, 0.05) is 26.5 Å². The lowest BCUT2D eigenvalue weighted by molar-refractivity contribution is 0.0942. The van der Waals surface area contributed by atoms with Gasteiger partial charge in [-0.05, 0) is 25.3 Å². The van der Waals surface area contributed by atoms with Crippen LogP contribution in [-0.2, 0) is 4.74 Å². The molecular formula is C13H21N3O2. The summed E-state index contributed by atoms with van der Waals surface area (Å²) in [6.45, 7) is 1.29. The molecule has 1 amide bonds. The number of carbonyl (C=O) groups is 1. The molecule has 0 radical (unpaired) electrons. The fourth-order valence-corrected chi connectivity index (χ4v) is 2.34. The topological polar surface area (TPSA) is 56.1 Å². The van der Waals surface area contributed by atoms with Crippen LogP contribution in [0.4, 0.5) is 0 Å². The zero-order valence-electron chi connectivity index (χ0n) is 10.9. The van der Waals surface area contributed by atoms with E-state index in [0.717, 1.165) is 6.42 Å². The minimum atomic E-state index is -0.0946. The average Bonchev–Trinajstić information content (AvgIpc) is 3.03. The highest BCUT2D eigenvalue weighted by Gasteiger charge is 2.18. The number of hydrogen-bond acceptors (Lipinski definition) is 3. The second-order valence-corrected chi connectivity index (χ2v) is 4.72. The summed E-state index contributed by atoms with van der Waals surface area (Å²) < 4.78 is 6.87. The Morgan fingerprint density at radius 3 is 3.06 bits per heavy atom. The summed E-state index contributed by atoms with van der Waals surface area (Å²) in [4.78, 5) is 11.8. The summed E-state index contributed by atoms with van der Waals surface area (Å²) in [5.41, 5.74) is 0.513. The zero-order chi connectivity index (χ0) is 12.8. The van der Waals surface area contributed by atoms with Gasteiger partial charge in [0.1, 0.15) is 5.69 Å². The minimum Gasteiger partial charge on any atom is -0.385 e. The summed E-state index contributed by atoms with van der Waals surface area (Å²) in [6.07, 6.45) is 7.63. The monoisotopic (exact) mass is 251 g/mol. The van der Waals surface area contributed by atoms with Gasteiger partial charge in [0.05, 0.1) is 6.04 Å². The molecule has 1 N–H and O–H groups in total. The maximum absolute atomic E-state index is 11.8. The minimum absolute atomic E-state index is 0.0946. The van der Waals surface area contributed by atoms with Crippen molar-refractivity contribution in [3.63, 3.8) is 0 Å². The molecule has 0 saturated heterocycles. The second kappa shape index (κ2) is 6.54. The molecule has 0 bridgehead atoms. The van der Waals surface area contributed by atoms with Gasteiger partial charge in [-0.3, -0.25) is 9.48 Å². The Kier molecular flexibility index (Phi) is 4.75. The largest absolute Gasteiger partial charge is 0.385 e. The van der Waals surface area contributed by atoms with Crippen molar-refractivity contribution in [3.8, 4) is 0 Å². The van der Waals surface area contributed by atoms with E-state index in [1.807, 2.05) is 10.9 Å². The van der Waals surface area contributed by atoms with Crippen molar-refractivity contribution in [2.45, 2.75) is 38.1 Å². The van der Waals surface area contributed by atoms with Gasteiger partial charge in [-0.15, -0.1) is 0 Å². The first-order chi connectivity index (χ1) is 8.81. The van der Waals surface area contributed by atoms with Crippen LogP contribution in [-0.4, -0.2) is 35.9 Å². The maximum Gasteiger partial charge on any atom is 0.271 e. The lowest BCUT2D eigenvalue weighted by atomic mass is 10.3. The van der Waals surface area contributed by atoms with Crippen molar-refractivity contribution in [3.05, 3.63) is 18.0 Å². The van der Waals surface area contributed by atoms with Gasteiger partial charge >= 0.3 is 0 Å². The molecule has 1 fully saturated rings. The van der Waals surface area contributed by atoms with E-state index < -0.39 is 0 Å². The molecule has 100 valence electrons. The molecule has 18 heavy (non-hydrogen) atoms. The zero-order valence-corrected chi connectivity index (χ0v) is 10.9. The van der Waals surface area contributed by atoms with E-state index in [1.54, 1.807) is 13.2 Å². The fraction of sp³-hybridized carbons (Fsp3) is 0.692. The van der Waals surface area contributed by atoms with Crippen molar-refractivity contribution in [2.24, 2.45) is 0 Å². The highest BCUT2D eigenvalue weighted by atomic mass is 16.5. The summed E-state index contributed by atoms with van der Waals surface area (Å²) in [5.74, 6) is -0.0946. The van der Waals surface area contributed by atoms with Gasteiger partial charge in [-0.1, -0.05) is 12.8 Å². The molecule has 0 aromatic carbocycles. The Labute approximate surface area is 108 Å². The molecule has 1 aromatic heterocycles.